The van der Waals surface area contributed by atoms with Gasteiger partial charge < -0.3 is 10.1 Å². The lowest BCUT2D eigenvalue weighted by atomic mass is 9.95. The third kappa shape index (κ3) is 0.956. The maximum absolute atomic E-state index is 5.53. The summed E-state index contributed by atoms with van der Waals surface area (Å²) in [6.45, 7) is 4.29. The lowest BCUT2D eigenvalue weighted by Gasteiger charge is -2.20. The van der Waals surface area contributed by atoms with Crippen LogP contribution in [0.25, 0.3) is 0 Å². The summed E-state index contributed by atoms with van der Waals surface area (Å²) in [6.07, 6.45) is 4.34. The van der Waals surface area contributed by atoms with Crippen LogP contribution in [0.3, 0.4) is 0 Å². The Kier molecular flexibility index (Phi) is 1.46. The van der Waals surface area contributed by atoms with E-state index in [0.717, 1.165) is 6.61 Å². The second-order valence-corrected chi connectivity index (χ2v) is 3.64. The number of ether oxygens (including phenoxy) is 1. The van der Waals surface area contributed by atoms with Crippen LogP contribution in [0.15, 0.2) is 0 Å². The smallest absolute Gasteiger partial charge is 0.0652 e. The Labute approximate surface area is 61.9 Å². The summed E-state index contributed by atoms with van der Waals surface area (Å²) in [7, 11) is 0. The molecular weight excluding hydrogens is 126 g/mol. The van der Waals surface area contributed by atoms with Crippen LogP contribution < -0.4 is 5.32 Å². The van der Waals surface area contributed by atoms with Gasteiger partial charge in [-0.1, -0.05) is 0 Å². The molecule has 2 atom stereocenters. The van der Waals surface area contributed by atoms with Crippen molar-refractivity contribution < 1.29 is 4.74 Å². The van der Waals surface area contributed by atoms with E-state index in [2.05, 4.69) is 12.2 Å². The highest BCUT2D eigenvalue weighted by Crippen LogP contribution is 2.31. The van der Waals surface area contributed by atoms with Crippen molar-refractivity contribution in [3.8, 4) is 0 Å². The summed E-state index contributed by atoms with van der Waals surface area (Å²) in [5.74, 6) is 0. The van der Waals surface area contributed by atoms with E-state index >= 15 is 0 Å². The SMILES string of the molecule is CC1CC2(CCCN2)CO1. The van der Waals surface area contributed by atoms with Crippen LogP contribution in [0.5, 0.6) is 0 Å². The molecule has 0 bridgehead atoms. The highest BCUT2D eigenvalue weighted by molar-refractivity contribution is 4.97. The molecule has 2 saturated heterocycles. The fraction of sp³-hybridized carbons (Fsp3) is 1.00. The summed E-state index contributed by atoms with van der Waals surface area (Å²) in [5, 5.41) is 3.54. The van der Waals surface area contributed by atoms with E-state index in [-0.39, 0.29) is 0 Å². The van der Waals surface area contributed by atoms with Crippen LogP contribution in [-0.4, -0.2) is 24.8 Å². The first-order valence-electron chi connectivity index (χ1n) is 4.17. The monoisotopic (exact) mass is 141 g/mol. The normalized spacial score (nSPS) is 47.1. The molecular formula is C8H15NO. The molecule has 2 aliphatic heterocycles. The molecule has 2 nitrogen and oxygen atoms in total. The molecule has 10 heavy (non-hydrogen) atoms. The van der Waals surface area contributed by atoms with E-state index < -0.39 is 0 Å². The zero-order valence-corrected chi connectivity index (χ0v) is 6.52. The highest BCUT2D eigenvalue weighted by atomic mass is 16.5. The van der Waals surface area contributed by atoms with Gasteiger partial charge in [0, 0.05) is 5.54 Å². The van der Waals surface area contributed by atoms with Gasteiger partial charge in [0.25, 0.3) is 0 Å². The van der Waals surface area contributed by atoms with Crippen LogP contribution in [0.2, 0.25) is 0 Å². The molecule has 0 aromatic rings. The Bertz CT molecular complexity index is 129. The van der Waals surface area contributed by atoms with Gasteiger partial charge in [-0.2, -0.15) is 0 Å². The molecule has 1 spiro atoms. The van der Waals surface area contributed by atoms with Gasteiger partial charge in [0.15, 0.2) is 0 Å². The Morgan fingerprint density at radius 3 is 3.00 bits per heavy atom. The van der Waals surface area contributed by atoms with E-state index in [0.29, 0.717) is 11.6 Å². The Morgan fingerprint density at radius 1 is 1.60 bits per heavy atom. The van der Waals surface area contributed by atoms with Crippen LogP contribution in [0, 0.1) is 0 Å². The van der Waals surface area contributed by atoms with Crippen molar-refractivity contribution in [3.63, 3.8) is 0 Å². The molecule has 0 aromatic carbocycles. The van der Waals surface area contributed by atoms with Gasteiger partial charge in [0.1, 0.15) is 0 Å². The molecule has 0 amide bonds. The summed E-state index contributed by atoms with van der Waals surface area (Å²) in [6, 6.07) is 0. The number of nitrogens with one attached hydrogen (secondary N) is 1. The molecule has 2 heteroatoms. The lowest BCUT2D eigenvalue weighted by molar-refractivity contribution is 0.115. The number of rotatable bonds is 0. The maximum Gasteiger partial charge on any atom is 0.0652 e. The highest BCUT2D eigenvalue weighted by Gasteiger charge is 2.40. The molecule has 58 valence electrons. The molecule has 1 N–H and O–H groups in total. The zero-order chi connectivity index (χ0) is 7.03. The molecule has 0 radical (unpaired) electrons. The summed E-state index contributed by atoms with van der Waals surface area (Å²) in [4.78, 5) is 0. The van der Waals surface area contributed by atoms with Gasteiger partial charge in [-0.05, 0) is 32.7 Å². The van der Waals surface area contributed by atoms with E-state index in [1.165, 1.54) is 25.8 Å². The van der Waals surface area contributed by atoms with E-state index in [9.17, 15) is 0 Å². The number of hydrogen-bond acceptors (Lipinski definition) is 2. The molecule has 2 unspecified atom stereocenters. The van der Waals surface area contributed by atoms with E-state index in [4.69, 9.17) is 4.74 Å². The number of hydrogen-bond donors (Lipinski definition) is 1. The van der Waals surface area contributed by atoms with Crippen molar-refractivity contribution in [3.05, 3.63) is 0 Å². The van der Waals surface area contributed by atoms with Gasteiger partial charge in [-0.15, -0.1) is 0 Å². The van der Waals surface area contributed by atoms with Crippen molar-refractivity contribution in [1.82, 2.24) is 5.32 Å². The van der Waals surface area contributed by atoms with E-state index in [1.807, 2.05) is 0 Å². The molecule has 0 aromatic heterocycles. The quantitative estimate of drug-likeness (QED) is 0.541. The average molecular weight is 141 g/mol. The van der Waals surface area contributed by atoms with Crippen LogP contribution in [0.1, 0.15) is 26.2 Å². The van der Waals surface area contributed by atoms with Gasteiger partial charge in [-0.3, -0.25) is 0 Å². The standard InChI is InChI=1S/C8H15NO/c1-7-5-8(6-10-7)3-2-4-9-8/h7,9H,2-6H2,1H3. The van der Waals surface area contributed by atoms with Crippen molar-refractivity contribution in [2.45, 2.75) is 37.8 Å². The van der Waals surface area contributed by atoms with Crippen molar-refractivity contribution in [2.24, 2.45) is 0 Å². The largest absolute Gasteiger partial charge is 0.377 e. The first-order valence-corrected chi connectivity index (χ1v) is 4.17. The molecule has 0 aliphatic carbocycles. The molecule has 2 fully saturated rings. The Hall–Kier alpha value is -0.0800. The molecule has 0 saturated carbocycles. The predicted octanol–water partition coefficient (Wildman–Crippen LogP) is 0.917. The predicted molar refractivity (Wildman–Crippen MR) is 40.0 cm³/mol. The third-order valence-corrected chi connectivity index (χ3v) is 2.65. The lowest BCUT2D eigenvalue weighted by Crippen LogP contribution is -2.40. The van der Waals surface area contributed by atoms with Crippen molar-refractivity contribution in [1.29, 1.82) is 0 Å². The summed E-state index contributed by atoms with van der Waals surface area (Å²) >= 11 is 0. The van der Waals surface area contributed by atoms with E-state index in [1.54, 1.807) is 0 Å². The minimum absolute atomic E-state index is 0.388. The van der Waals surface area contributed by atoms with Crippen molar-refractivity contribution in [2.75, 3.05) is 13.2 Å². The zero-order valence-electron chi connectivity index (χ0n) is 6.52. The van der Waals surface area contributed by atoms with Gasteiger partial charge in [-0.25, -0.2) is 0 Å². The molecule has 2 aliphatic rings. The van der Waals surface area contributed by atoms with Crippen LogP contribution >= 0.6 is 0 Å². The fourth-order valence-corrected chi connectivity index (χ4v) is 2.14. The minimum Gasteiger partial charge on any atom is -0.377 e. The Balaban J connectivity index is 2.03. The average Bonchev–Trinajstić information content (AvgIpc) is 2.46. The second-order valence-electron chi connectivity index (χ2n) is 3.64. The van der Waals surface area contributed by atoms with Gasteiger partial charge >= 0.3 is 0 Å². The maximum atomic E-state index is 5.53. The molecule has 2 rings (SSSR count). The fourth-order valence-electron chi connectivity index (χ4n) is 2.14. The Morgan fingerprint density at radius 2 is 2.50 bits per heavy atom. The van der Waals surface area contributed by atoms with Gasteiger partial charge in [0.2, 0.25) is 0 Å². The topological polar surface area (TPSA) is 21.3 Å². The molecule has 2 heterocycles. The second kappa shape index (κ2) is 2.21. The summed E-state index contributed by atoms with van der Waals surface area (Å²) < 4.78 is 5.53. The summed E-state index contributed by atoms with van der Waals surface area (Å²) in [5.41, 5.74) is 0.388. The van der Waals surface area contributed by atoms with Crippen LogP contribution in [-0.2, 0) is 4.74 Å². The minimum atomic E-state index is 0.388. The first-order chi connectivity index (χ1) is 4.81. The first kappa shape index (κ1) is 6.62. The van der Waals surface area contributed by atoms with Crippen LogP contribution in [0.4, 0.5) is 0 Å². The third-order valence-electron chi connectivity index (χ3n) is 2.65. The van der Waals surface area contributed by atoms with Crippen molar-refractivity contribution >= 4 is 0 Å². The van der Waals surface area contributed by atoms with Gasteiger partial charge in [0.05, 0.1) is 12.7 Å².